The van der Waals surface area contributed by atoms with Crippen molar-refractivity contribution >= 4 is 11.3 Å². The van der Waals surface area contributed by atoms with Gasteiger partial charge in [-0.2, -0.15) is 0 Å². The van der Waals surface area contributed by atoms with Crippen molar-refractivity contribution in [1.29, 1.82) is 0 Å². The monoisotopic (exact) mass is 292 g/mol. The molecule has 2 fully saturated rings. The molecule has 2 aliphatic heterocycles. The van der Waals surface area contributed by atoms with Gasteiger partial charge in [0.05, 0.1) is 0 Å². The Kier molecular flexibility index (Phi) is 4.49. The van der Waals surface area contributed by atoms with Crippen molar-refractivity contribution in [2.75, 3.05) is 6.54 Å². The lowest BCUT2D eigenvalue weighted by Gasteiger charge is -2.39. The molecule has 0 amide bonds. The van der Waals surface area contributed by atoms with Gasteiger partial charge >= 0.3 is 0 Å². The van der Waals surface area contributed by atoms with Crippen LogP contribution in [0.1, 0.15) is 54.3 Å². The summed E-state index contributed by atoms with van der Waals surface area (Å²) in [5, 5.41) is 3.75. The van der Waals surface area contributed by atoms with Gasteiger partial charge in [-0.15, -0.1) is 11.3 Å². The van der Waals surface area contributed by atoms with Crippen LogP contribution in [0.3, 0.4) is 0 Å². The Hall–Kier alpha value is -0.380. The van der Waals surface area contributed by atoms with Gasteiger partial charge in [-0.25, -0.2) is 0 Å². The number of hydrogen-bond acceptors (Lipinski definition) is 3. The predicted octanol–water partition coefficient (Wildman–Crippen LogP) is 3.86. The summed E-state index contributed by atoms with van der Waals surface area (Å²) in [4.78, 5) is 5.86. The van der Waals surface area contributed by atoms with Crippen molar-refractivity contribution < 1.29 is 0 Å². The molecule has 2 unspecified atom stereocenters. The molecule has 0 spiro atoms. The van der Waals surface area contributed by atoms with Crippen molar-refractivity contribution in [3.63, 3.8) is 0 Å². The Bertz CT molecular complexity index is 420. The summed E-state index contributed by atoms with van der Waals surface area (Å²) in [6.45, 7) is 9.13. The van der Waals surface area contributed by atoms with E-state index in [4.69, 9.17) is 0 Å². The summed E-state index contributed by atoms with van der Waals surface area (Å²) in [5.41, 5.74) is 1.47. The normalized spacial score (nSPS) is 30.1. The van der Waals surface area contributed by atoms with Gasteiger partial charge in [-0.3, -0.25) is 4.90 Å². The topological polar surface area (TPSA) is 15.3 Å². The average molecular weight is 292 g/mol. The molecule has 112 valence electrons. The Labute approximate surface area is 127 Å². The molecule has 0 aliphatic carbocycles. The van der Waals surface area contributed by atoms with Gasteiger partial charge in [0.2, 0.25) is 0 Å². The van der Waals surface area contributed by atoms with Gasteiger partial charge in [0, 0.05) is 34.4 Å². The fourth-order valence-corrected chi connectivity index (χ4v) is 5.02. The van der Waals surface area contributed by atoms with E-state index in [9.17, 15) is 0 Å². The van der Waals surface area contributed by atoms with Crippen LogP contribution in [0.5, 0.6) is 0 Å². The molecule has 3 heterocycles. The van der Waals surface area contributed by atoms with E-state index in [1.54, 1.807) is 4.88 Å². The van der Waals surface area contributed by atoms with E-state index in [2.05, 4.69) is 37.1 Å². The summed E-state index contributed by atoms with van der Waals surface area (Å²) < 4.78 is 0. The molecule has 2 aliphatic rings. The second kappa shape index (κ2) is 6.17. The molecule has 2 saturated heterocycles. The van der Waals surface area contributed by atoms with Crippen LogP contribution in [0.4, 0.5) is 0 Å². The van der Waals surface area contributed by atoms with Gasteiger partial charge in [-0.05, 0) is 64.1 Å². The van der Waals surface area contributed by atoms with Gasteiger partial charge in [-0.1, -0.05) is 6.92 Å². The number of piperidine rings is 1. The number of nitrogens with one attached hydrogen (secondary N) is 1. The Morgan fingerprint density at radius 1 is 1.25 bits per heavy atom. The number of thiophene rings is 1. The van der Waals surface area contributed by atoms with Crippen molar-refractivity contribution in [2.24, 2.45) is 0 Å². The lowest BCUT2D eigenvalue weighted by Crippen LogP contribution is -2.48. The average Bonchev–Trinajstić information content (AvgIpc) is 2.85. The Morgan fingerprint density at radius 2 is 1.95 bits per heavy atom. The number of rotatable bonds is 5. The van der Waals surface area contributed by atoms with Crippen LogP contribution in [-0.4, -0.2) is 29.6 Å². The highest BCUT2D eigenvalue weighted by molar-refractivity contribution is 7.12. The quantitative estimate of drug-likeness (QED) is 0.886. The summed E-state index contributed by atoms with van der Waals surface area (Å²) in [7, 11) is 0. The van der Waals surface area contributed by atoms with Crippen LogP contribution in [-0.2, 0) is 6.54 Å². The molecule has 2 nitrogen and oxygen atoms in total. The standard InChI is InChI=1S/C17H28N2S/c1-4-7-18-14-9-15-5-6-16(10-14)19(15)11-17-8-12(2)13(3)20-17/h8,14-16,18H,4-7,9-11H2,1-3H3. The van der Waals surface area contributed by atoms with E-state index in [0.29, 0.717) is 0 Å². The van der Waals surface area contributed by atoms with Crippen LogP contribution in [0.25, 0.3) is 0 Å². The van der Waals surface area contributed by atoms with Gasteiger partial charge in [0.1, 0.15) is 0 Å². The molecule has 2 atom stereocenters. The van der Waals surface area contributed by atoms with Crippen LogP contribution >= 0.6 is 11.3 Å². The maximum atomic E-state index is 3.75. The van der Waals surface area contributed by atoms with Crippen molar-refractivity contribution in [3.8, 4) is 0 Å². The Balaban J connectivity index is 1.62. The molecule has 0 radical (unpaired) electrons. The van der Waals surface area contributed by atoms with E-state index in [1.807, 2.05) is 11.3 Å². The fraction of sp³-hybridized carbons (Fsp3) is 0.765. The summed E-state index contributed by atoms with van der Waals surface area (Å²) in [5.74, 6) is 0. The molecule has 3 heteroatoms. The van der Waals surface area contributed by atoms with E-state index in [1.165, 1.54) is 55.6 Å². The van der Waals surface area contributed by atoms with Gasteiger partial charge < -0.3 is 5.32 Å². The van der Waals surface area contributed by atoms with Crippen LogP contribution in [0, 0.1) is 13.8 Å². The van der Waals surface area contributed by atoms with E-state index < -0.39 is 0 Å². The van der Waals surface area contributed by atoms with E-state index in [0.717, 1.165) is 18.1 Å². The molecule has 2 bridgehead atoms. The van der Waals surface area contributed by atoms with Crippen molar-refractivity contribution in [3.05, 3.63) is 21.4 Å². The highest BCUT2D eigenvalue weighted by atomic mass is 32.1. The minimum Gasteiger partial charge on any atom is -0.314 e. The number of hydrogen-bond donors (Lipinski definition) is 1. The highest BCUT2D eigenvalue weighted by Gasteiger charge is 2.40. The number of fused-ring (bicyclic) bond motifs is 2. The molecule has 1 N–H and O–H groups in total. The van der Waals surface area contributed by atoms with E-state index >= 15 is 0 Å². The molecule has 1 aromatic rings. The summed E-state index contributed by atoms with van der Waals surface area (Å²) >= 11 is 2.00. The predicted molar refractivity (Wildman–Crippen MR) is 87.5 cm³/mol. The minimum atomic E-state index is 0.774. The highest BCUT2D eigenvalue weighted by Crippen LogP contribution is 2.37. The first-order valence-electron chi connectivity index (χ1n) is 8.22. The number of aryl methyl sites for hydroxylation is 2. The SMILES string of the molecule is CCCNC1CC2CCC(C1)N2Cc1cc(C)c(C)s1. The maximum Gasteiger partial charge on any atom is 0.0334 e. The number of nitrogens with zero attached hydrogens (tertiary/aromatic N) is 1. The first kappa shape index (κ1) is 14.6. The lowest BCUT2D eigenvalue weighted by atomic mass is 9.97. The van der Waals surface area contributed by atoms with Crippen LogP contribution < -0.4 is 5.32 Å². The van der Waals surface area contributed by atoms with Crippen molar-refractivity contribution in [1.82, 2.24) is 10.2 Å². The molecular weight excluding hydrogens is 264 g/mol. The third-order valence-corrected chi connectivity index (χ3v) is 6.26. The van der Waals surface area contributed by atoms with Crippen molar-refractivity contribution in [2.45, 2.75) is 77.5 Å². The second-order valence-electron chi connectivity index (χ2n) is 6.63. The van der Waals surface area contributed by atoms with Gasteiger partial charge in [0.15, 0.2) is 0 Å². The lowest BCUT2D eigenvalue weighted by molar-refractivity contribution is 0.110. The molecule has 1 aromatic heterocycles. The summed E-state index contributed by atoms with van der Waals surface area (Å²) in [6.07, 6.45) is 6.81. The minimum absolute atomic E-state index is 0.774. The zero-order chi connectivity index (χ0) is 14.1. The molecule has 20 heavy (non-hydrogen) atoms. The molecule has 0 saturated carbocycles. The van der Waals surface area contributed by atoms with Gasteiger partial charge in [0.25, 0.3) is 0 Å². The summed E-state index contributed by atoms with van der Waals surface area (Å²) in [6, 6.07) is 4.83. The smallest absolute Gasteiger partial charge is 0.0334 e. The first-order valence-corrected chi connectivity index (χ1v) is 9.04. The van der Waals surface area contributed by atoms with Crippen LogP contribution in [0.2, 0.25) is 0 Å². The maximum absolute atomic E-state index is 3.75. The zero-order valence-electron chi connectivity index (χ0n) is 13.1. The largest absolute Gasteiger partial charge is 0.314 e. The molecule has 3 rings (SSSR count). The molecular formula is C17H28N2S. The molecule has 0 aromatic carbocycles. The van der Waals surface area contributed by atoms with E-state index in [-0.39, 0.29) is 0 Å². The third-order valence-electron chi connectivity index (χ3n) is 5.12. The first-order chi connectivity index (χ1) is 9.67. The van der Waals surface area contributed by atoms with Crippen LogP contribution in [0.15, 0.2) is 6.07 Å². The second-order valence-corrected chi connectivity index (χ2v) is 7.97. The third kappa shape index (κ3) is 2.95. The zero-order valence-corrected chi connectivity index (χ0v) is 13.9. The fourth-order valence-electron chi connectivity index (χ4n) is 3.96. The Morgan fingerprint density at radius 3 is 2.50 bits per heavy atom.